The second-order valence-corrected chi connectivity index (χ2v) is 5.40. The predicted molar refractivity (Wildman–Crippen MR) is 71.7 cm³/mol. The van der Waals surface area contributed by atoms with E-state index in [1.165, 1.54) is 0 Å². The van der Waals surface area contributed by atoms with Crippen molar-refractivity contribution in [3.05, 3.63) is 21.9 Å². The standard InChI is InChI=1S/C11H12BrN5O2/c12-6-3-5-4(7-10(19)17-11(13)16-7)1-2-14-9(18)8(5)15-6/h3-4,7,15H,1-2H2,(H,14,18)(H3,13,16,17,19)/t4-,7-/m0/s1. The van der Waals surface area contributed by atoms with Crippen molar-refractivity contribution in [3.8, 4) is 0 Å². The highest BCUT2D eigenvalue weighted by Gasteiger charge is 2.37. The molecule has 0 bridgehead atoms. The van der Waals surface area contributed by atoms with Crippen molar-refractivity contribution in [2.45, 2.75) is 18.4 Å². The number of fused-ring (bicyclic) bond motifs is 1. The zero-order chi connectivity index (χ0) is 13.6. The lowest BCUT2D eigenvalue weighted by molar-refractivity contribution is -0.120. The number of carbonyl (C=O) groups excluding carboxylic acids is 2. The number of aromatic amines is 1. The molecule has 8 heteroatoms. The number of hydrogen-bond donors (Lipinski definition) is 4. The van der Waals surface area contributed by atoms with Gasteiger partial charge in [0.1, 0.15) is 11.7 Å². The molecular weight excluding hydrogens is 314 g/mol. The number of nitrogens with zero attached hydrogens (tertiary/aromatic N) is 1. The number of nitrogens with one attached hydrogen (secondary N) is 3. The number of aliphatic imine (C=N–C) groups is 1. The van der Waals surface area contributed by atoms with Crippen LogP contribution in [0.4, 0.5) is 0 Å². The van der Waals surface area contributed by atoms with E-state index in [0.717, 1.165) is 5.56 Å². The van der Waals surface area contributed by atoms with Crippen molar-refractivity contribution in [3.63, 3.8) is 0 Å². The zero-order valence-corrected chi connectivity index (χ0v) is 11.5. The van der Waals surface area contributed by atoms with Gasteiger partial charge in [-0.15, -0.1) is 0 Å². The van der Waals surface area contributed by atoms with Crippen LogP contribution < -0.4 is 16.4 Å². The number of amides is 2. The normalized spacial score (nSPS) is 26.3. The molecule has 2 atom stereocenters. The number of nitrogens with two attached hydrogens (primary N) is 1. The number of aromatic nitrogens is 1. The van der Waals surface area contributed by atoms with Gasteiger partial charge in [-0.3, -0.25) is 14.9 Å². The van der Waals surface area contributed by atoms with E-state index in [9.17, 15) is 9.59 Å². The summed E-state index contributed by atoms with van der Waals surface area (Å²) >= 11 is 3.31. The largest absolute Gasteiger partial charge is 0.370 e. The number of halogens is 1. The molecular formula is C11H12BrN5O2. The minimum absolute atomic E-state index is 0.134. The van der Waals surface area contributed by atoms with E-state index in [2.05, 4.69) is 36.5 Å². The highest BCUT2D eigenvalue weighted by molar-refractivity contribution is 9.10. The monoisotopic (exact) mass is 325 g/mol. The quantitative estimate of drug-likeness (QED) is 0.574. The molecule has 0 aliphatic carbocycles. The van der Waals surface area contributed by atoms with Crippen molar-refractivity contribution >= 4 is 33.7 Å². The molecule has 0 radical (unpaired) electrons. The lowest BCUT2D eigenvalue weighted by Crippen LogP contribution is -2.35. The van der Waals surface area contributed by atoms with Crippen LogP contribution in [-0.4, -0.2) is 35.3 Å². The van der Waals surface area contributed by atoms with Crippen LogP contribution in [0.5, 0.6) is 0 Å². The predicted octanol–water partition coefficient (Wildman–Crippen LogP) is -0.193. The van der Waals surface area contributed by atoms with Gasteiger partial charge in [-0.25, -0.2) is 4.99 Å². The van der Waals surface area contributed by atoms with E-state index < -0.39 is 6.04 Å². The number of guanidine groups is 1. The molecule has 100 valence electrons. The first kappa shape index (κ1) is 12.2. The van der Waals surface area contributed by atoms with Crippen LogP contribution in [0.2, 0.25) is 0 Å². The van der Waals surface area contributed by atoms with Crippen LogP contribution in [0, 0.1) is 0 Å². The van der Waals surface area contributed by atoms with Crippen molar-refractivity contribution in [2.24, 2.45) is 10.7 Å². The maximum Gasteiger partial charge on any atom is 0.268 e. The topological polar surface area (TPSA) is 112 Å². The van der Waals surface area contributed by atoms with Crippen molar-refractivity contribution in [1.82, 2.24) is 15.6 Å². The Hall–Kier alpha value is -1.83. The summed E-state index contributed by atoms with van der Waals surface area (Å²) in [5.41, 5.74) is 6.80. The van der Waals surface area contributed by atoms with Gasteiger partial charge in [0, 0.05) is 12.5 Å². The summed E-state index contributed by atoms with van der Waals surface area (Å²) in [5.74, 6) is -0.425. The second kappa shape index (κ2) is 4.37. The first-order chi connectivity index (χ1) is 9.06. The van der Waals surface area contributed by atoms with Crippen molar-refractivity contribution in [2.75, 3.05) is 6.54 Å². The molecule has 1 aromatic heterocycles. The lowest BCUT2D eigenvalue weighted by atomic mass is 9.89. The molecule has 0 spiro atoms. The summed E-state index contributed by atoms with van der Waals surface area (Å²) in [4.78, 5) is 30.9. The molecule has 2 amide bonds. The third-order valence-electron chi connectivity index (χ3n) is 3.36. The fourth-order valence-corrected chi connectivity index (χ4v) is 2.99. The molecule has 0 saturated carbocycles. The van der Waals surface area contributed by atoms with Crippen LogP contribution in [-0.2, 0) is 4.79 Å². The van der Waals surface area contributed by atoms with E-state index in [4.69, 9.17) is 5.73 Å². The van der Waals surface area contributed by atoms with E-state index in [1.807, 2.05) is 6.07 Å². The van der Waals surface area contributed by atoms with Gasteiger partial charge in [0.2, 0.25) is 0 Å². The average molecular weight is 326 g/mol. The molecule has 0 aromatic carbocycles. The van der Waals surface area contributed by atoms with Crippen LogP contribution >= 0.6 is 15.9 Å². The summed E-state index contributed by atoms with van der Waals surface area (Å²) < 4.78 is 0.704. The summed E-state index contributed by atoms with van der Waals surface area (Å²) in [6.07, 6.45) is 0.637. The minimum atomic E-state index is -0.575. The number of H-pyrrole nitrogens is 1. The summed E-state index contributed by atoms with van der Waals surface area (Å²) in [6.45, 7) is 0.503. The first-order valence-electron chi connectivity index (χ1n) is 5.87. The molecule has 0 saturated heterocycles. The van der Waals surface area contributed by atoms with Crippen LogP contribution in [0.3, 0.4) is 0 Å². The van der Waals surface area contributed by atoms with Gasteiger partial charge in [-0.05, 0) is 34.0 Å². The maximum atomic E-state index is 11.9. The molecule has 5 N–H and O–H groups in total. The third kappa shape index (κ3) is 2.01. The van der Waals surface area contributed by atoms with Crippen molar-refractivity contribution < 1.29 is 9.59 Å². The Morgan fingerprint density at radius 2 is 2.21 bits per heavy atom. The summed E-state index contributed by atoms with van der Waals surface area (Å²) in [5, 5.41) is 5.29. The highest BCUT2D eigenvalue weighted by Crippen LogP contribution is 2.33. The Balaban J connectivity index is 2.04. The van der Waals surface area contributed by atoms with Gasteiger partial charge in [0.25, 0.3) is 11.8 Å². The van der Waals surface area contributed by atoms with Gasteiger partial charge in [0.15, 0.2) is 5.96 Å². The zero-order valence-electron chi connectivity index (χ0n) is 9.87. The molecule has 0 unspecified atom stereocenters. The number of hydrogen-bond acceptors (Lipinski definition) is 4. The molecule has 1 aromatic rings. The highest BCUT2D eigenvalue weighted by atomic mass is 79.9. The fourth-order valence-electron chi connectivity index (χ4n) is 2.54. The van der Waals surface area contributed by atoms with E-state index in [1.54, 1.807) is 0 Å². The molecule has 2 aliphatic rings. The lowest BCUT2D eigenvalue weighted by Gasteiger charge is -2.17. The second-order valence-electron chi connectivity index (χ2n) is 4.55. The fraction of sp³-hybridized carbons (Fsp3) is 0.364. The van der Waals surface area contributed by atoms with E-state index in [-0.39, 0.29) is 23.7 Å². The number of rotatable bonds is 1. The molecule has 7 nitrogen and oxygen atoms in total. The van der Waals surface area contributed by atoms with Crippen LogP contribution in [0.15, 0.2) is 15.7 Å². The molecule has 0 fully saturated rings. The molecule has 3 rings (SSSR count). The first-order valence-corrected chi connectivity index (χ1v) is 6.66. The van der Waals surface area contributed by atoms with E-state index in [0.29, 0.717) is 23.3 Å². The van der Waals surface area contributed by atoms with Gasteiger partial charge >= 0.3 is 0 Å². The van der Waals surface area contributed by atoms with Crippen molar-refractivity contribution in [1.29, 1.82) is 0 Å². The molecule has 3 heterocycles. The average Bonchev–Trinajstić information content (AvgIpc) is 2.84. The smallest absolute Gasteiger partial charge is 0.268 e. The SMILES string of the molecule is NC1=N[C@@H]([C@H]2CCNC(=O)c3[nH]c(Br)cc32)C(=O)N1. The van der Waals surface area contributed by atoms with Gasteiger partial charge in [0.05, 0.1) is 4.60 Å². The minimum Gasteiger partial charge on any atom is -0.370 e. The summed E-state index contributed by atoms with van der Waals surface area (Å²) in [7, 11) is 0. The van der Waals surface area contributed by atoms with Gasteiger partial charge in [-0.2, -0.15) is 0 Å². The number of carbonyl (C=O) groups is 2. The van der Waals surface area contributed by atoms with E-state index >= 15 is 0 Å². The van der Waals surface area contributed by atoms with Crippen LogP contribution in [0.1, 0.15) is 28.4 Å². The molecule has 2 aliphatic heterocycles. The summed E-state index contributed by atoms with van der Waals surface area (Å²) in [6, 6.07) is 1.25. The maximum absolute atomic E-state index is 11.9. The Bertz CT molecular complexity index is 594. The molecule has 19 heavy (non-hydrogen) atoms. The van der Waals surface area contributed by atoms with Gasteiger partial charge in [-0.1, -0.05) is 0 Å². The third-order valence-corrected chi connectivity index (χ3v) is 3.79. The van der Waals surface area contributed by atoms with Crippen LogP contribution in [0.25, 0.3) is 0 Å². The Kier molecular flexibility index (Phi) is 2.81. The van der Waals surface area contributed by atoms with Gasteiger partial charge < -0.3 is 16.0 Å². The Morgan fingerprint density at radius 3 is 2.89 bits per heavy atom. The Morgan fingerprint density at radius 1 is 1.42 bits per heavy atom. The Labute approximate surface area is 117 Å².